The summed E-state index contributed by atoms with van der Waals surface area (Å²) in [5.41, 5.74) is 1.60. The molecular weight excluding hydrogens is 537 g/mol. The molecule has 5 rings (SSSR count). The fraction of sp³-hybridized carbons (Fsp3) is 0.364. The summed E-state index contributed by atoms with van der Waals surface area (Å²) >= 11 is 7.41. The predicted octanol–water partition coefficient (Wildman–Crippen LogP) is 3.31. The summed E-state index contributed by atoms with van der Waals surface area (Å²) in [6, 6.07) is 3.72. The molecule has 1 fully saturated rings. The second-order valence-electron chi connectivity index (χ2n) is 8.24. The van der Waals surface area contributed by atoms with Crippen LogP contribution in [0, 0.1) is 0 Å². The third-order valence-electron chi connectivity index (χ3n) is 6.11. The highest BCUT2D eigenvalue weighted by Crippen LogP contribution is 2.42. The third kappa shape index (κ3) is 4.76. The zero-order chi connectivity index (χ0) is 26.3. The molecule has 0 spiro atoms. The van der Waals surface area contributed by atoms with E-state index in [1.165, 1.54) is 35.4 Å². The van der Waals surface area contributed by atoms with Gasteiger partial charge in [-0.05, 0) is 24.3 Å². The van der Waals surface area contributed by atoms with Crippen molar-refractivity contribution < 1.29 is 32.9 Å². The monoisotopic (exact) mass is 556 g/mol. The fourth-order valence-electron chi connectivity index (χ4n) is 4.43. The summed E-state index contributed by atoms with van der Waals surface area (Å²) in [5, 5.41) is 35.2. The van der Waals surface area contributed by atoms with Crippen molar-refractivity contribution in [1.29, 1.82) is 0 Å². The molecule has 1 saturated heterocycles. The second-order valence-corrected chi connectivity index (χ2v) is 9.40. The van der Waals surface area contributed by atoms with Gasteiger partial charge in [-0.15, -0.1) is 16.4 Å². The van der Waals surface area contributed by atoms with Crippen LogP contribution in [0.4, 0.5) is 13.2 Å². The van der Waals surface area contributed by atoms with Gasteiger partial charge >= 0.3 is 6.18 Å². The van der Waals surface area contributed by atoms with Crippen molar-refractivity contribution in [2.45, 2.75) is 36.6 Å². The number of aliphatic hydroxyl groups is 2. The first-order valence-corrected chi connectivity index (χ1v) is 12.2. The van der Waals surface area contributed by atoms with Crippen molar-refractivity contribution >= 4 is 22.9 Å². The van der Waals surface area contributed by atoms with Gasteiger partial charge in [0.2, 0.25) is 0 Å². The lowest BCUT2D eigenvalue weighted by molar-refractivity contribution is -0.216. The molecule has 4 heterocycles. The summed E-state index contributed by atoms with van der Waals surface area (Å²) in [6.07, 6.45) is -6.23. The van der Waals surface area contributed by atoms with Gasteiger partial charge in [0.05, 0.1) is 35.3 Å². The van der Waals surface area contributed by atoms with Crippen LogP contribution >= 0.6 is 22.9 Å². The van der Waals surface area contributed by atoms with Gasteiger partial charge in [0, 0.05) is 23.7 Å². The largest absolute Gasteiger partial charge is 0.418 e. The van der Waals surface area contributed by atoms with Crippen LogP contribution < -0.4 is 0 Å². The van der Waals surface area contributed by atoms with Gasteiger partial charge in [-0.3, -0.25) is 0 Å². The van der Waals surface area contributed by atoms with Gasteiger partial charge in [0.1, 0.15) is 41.8 Å². The molecule has 1 aromatic carbocycles. The van der Waals surface area contributed by atoms with Crippen molar-refractivity contribution in [2.75, 3.05) is 13.7 Å². The summed E-state index contributed by atoms with van der Waals surface area (Å²) < 4.78 is 55.6. The lowest BCUT2D eigenvalue weighted by Crippen LogP contribution is -2.53. The minimum absolute atomic E-state index is 0.0797. The number of nitrogens with zero attached hydrogens (tertiary/aromatic N) is 6. The van der Waals surface area contributed by atoms with Gasteiger partial charge in [-0.1, -0.05) is 16.8 Å². The average molecular weight is 557 g/mol. The van der Waals surface area contributed by atoms with Crippen LogP contribution in [0.25, 0.3) is 17.1 Å². The highest BCUT2D eigenvalue weighted by molar-refractivity contribution is 7.07. The maximum atomic E-state index is 13.8. The Morgan fingerprint density at radius 1 is 1.24 bits per heavy atom. The van der Waals surface area contributed by atoms with E-state index in [1.54, 1.807) is 17.1 Å². The van der Waals surface area contributed by atoms with Gasteiger partial charge in [-0.2, -0.15) is 18.3 Å². The Morgan fingerprint density at radius 2 is 2.05 bits per heavy atom. The number of ether oxygens (including phenoxy) is 2. The van der Waals surface area contributed by atoms with E-state index >= 15 is 0 Å². The number of alkyl halides is 3. The van der Waals surface area contributed by atoms with Crippen LogP contribution in [-0.4, -0.2) is 72.0 Å². The standard InChI is InChI=1S/C22H20ClF3N6O4S/c1-35-21-18(31-7-13(29-30-31)14-9-37-10-27-14)19(34)17(8-33)36-20(21)15-4-5-28-32(15)16-6-11(23)2-3-12(16)22(24,25)26/h2-7,9-10,17-21,33-34H,8H2,1H3/t17-,18+,19+,20+,21-/m1/s1. The van der Waals surface area contributed by atoms with E-state index in [2.05, 4.69) is 20.4 Å². The Hall–Kier alpha value is -2.88. The molecule has 5 atom stereocenters. The fourth-order valence-corrected chi connectivity index (χ4v) is 5.14. The number of methoxy groups -OCH3 is 1. The highest BCUT2D eigenvalue weighted by Gasteiger charge is 2.49. The predicted molar refractivity (Wildman–Crippen MR) is 125 cm³/mol. The average Bonchev–Trinajstić information content (AvgIpc) is 3.64. The van der Waals surface area contributed by atoms with Crippen LogP contribution in [0.1, 0.15) is 23.4 Å². The molecule has 0 unspecified atom stereocenters. The molecule has 0 aliphatic carbocycles. The van der Waals surface area contributed by atoms with Crippen molar-refractivity contribution in [1.82, 2.24) is 29.8 Å². The number of hydrogen-bond donors (Lipinski definition) is 2. The Labute approximate surface area is 216 Å². The first-order valence-electron chi connectivity index (χ1n) is 10.9. The molecule has 0 bridgehead atoms. The molecule has 3 aromatic heterocycles. The lowest BCUT2D eigenvalue weighted by atomic mass is 9.90. The molecule has 37 heavy (non-hydrogen) atoms. The van der Waals surface area contributed by atoms with Gasteiger partial charge < -0.3 is 19.7 Å². The second kappa shape index (κ2) is 10.1. The van der Waals surface area contributed by atoms with E-state index in [1.807, 2.05) is 0 Å². The number of benzene rings is 1. The van der Waals surface area contributed by atoms with Crippen molar-refractivity contribution in [3.05, 3.63) is 63.8 Å². The SMILES string of the molecule is CO[C@@H]1[C@@H](n2cc(-c3cscn3)nn2)[C@@H](O)[C@@H](CO)O[C@H]1c1ccnn1-c1cc(Cl)ccc1C(F)(F)F. The molecule has 15 heteroatoms. The Kier molecular flexibility index (Phi) is 7.04. The molecule has 0 amide bonds. The van der Waals surface area contributed by atoms with Crippen LogP contribution in [0.5, 0.6) is 0 Å². The molecule has 1 aliphatic rings. The molecule has 1 aliphatic heterocycles. The van der Waals surface area contributed by atoms with E-state index < -0.39 is 48.8 Å². The minimum Gasteiger partial charge on any atom is -0.394 e. The summed E-state index contributed by atoms with van der Waals surface area (Å²) in [7, 11) is 1.37. The number of aliphatic hydroxyl groups excluding tert-OH is 2. The van der Waals surface area contributed by atoms with Gasteiger partial charge in [-0.25, -0.2) is 14.3 Å². The highest BCUT2D eigenvalue weighted by atomic mass is 35.5. The minimum atomic E-state index is -4.68. The van der Waals surface area contributed by atoms with Crippen molar-refractivity contribution in [2.24, 2.45) is 0 Å². The zero-order valence-corrected chi connectivity index (χ0v) is 20.6. The molecule has 196 valence electrons. The molecule has 0 saturated carbocycles. The maximum absolute atomic E-state index is 13.8. The van der Waals surface area contributed by atoms with Crippen LogP contribution in [0.3, 0.4) is 0 Å². The Balaban J connectivity index is 1.59. The van der Waals surface area contributed by atoms with E-state index in [9.17, 15) is 23.4 Å². The van der Waals surface area contributed by atoms with Crippen LogP contribution in [0.2, 0.25) is 5.02 Å². The van der Waals surface area contributed by atoms with E-state index in [-0.39, 0.29) is 16.4 Å². The summed E-state index contributed by atoms with van der Waals surface area (Å²) in [5.74, 6) is 0. The van der Waals surface area contributed by atoms with Crippen molar-refractivity contribution in [3.8, 4) is 17.1 Å². The number of rotatable bonds is 6. The molecule has 2 N–H and O–H groups in total. The van der Waals surface area contributed by atoms with Crippen molar-refractivity contribution in [3.63, 3.8) is 0 Å². The normalized spacial score (nSPS) is 24.5. The first kappa shape index (κ1) is 25.8. The molecule has 10 nitrogen and oxygen atoms in total. The summed E-state index contributed by atoms with van der Waals surface area (Å²) in [6.45, 7) is -0.572. The topological polar surface area (TPSA) is 120 Å². The molecule has 4 aromatic rings. The number of thiazole rings is 1. The summed E-state index contributed by atoms with van der Waals surface area (Å²) in [4.78, 5) is 4.20. The van der Waals surface area contributed by atoms with E-state index in [0.717, 1.165) is 22.9 Å². The Morgan fingerprint density at radius 3 is 2.73 bits per heavy atom. The number of aromatic nitrogens is 6. The van der Waals surface area contributed by atoms with Gasteiger partial charge in [0.25, 0.3) is 0 Å². The number of hydrogen-bond acceptors (Lipinski definition) is 9. The van der Waals surface area contributed by atoms with Crippen LogP contribution in [0.15, 0.2) is 47.5 Å². The van der Waals surface area contributed by atoms with Crippen LogP contribution in [-0.2, 0) is 15.7 Å². The first-order chi connectivity index (χ1) is 17.7. The molecular formula is C22H20ClF3N6O4S. The quantitative estimate of drug-likeness (QED) is 0.371. The third-order valence-corrected chi connectivity index (χ3v) is 6.93. The maximum Gasteiger partial charge on any atom is 0.418 e. The van der Waals surface area contributed by atoms with E-state index in [0.29, 0.717) is 11.4 Å². The lowest BCUT2D eigenvalue weighted by Gasteiger charge is -2.43. The smallest absolute Gasteiger partial charge is 0.394 e. The zero-order valence-electron chi connectivity index (χ0n) is 19.0. The van der Waals surface area contributed by atoms with Gasteiger partial charge in [0.15, 0.2) is 0 Å². The number of halogens is 4. The molecule has 0 radical (unpaired) electrons. The Bertz CT molecular complexity index is 1360. The van der Waals surface area contributed by atoms with E-state index in [4.69, 9.17) is 21.1 Å².